The number of nitrogens with one attached hydrogen (secondary N) is 2. The van der Waals surface area contributed by atoms with Crippen molar-refractivity contribution < 1.29 is 14.3 Å². The zero-order valence-corrected chi connectivity index (χ0v) is 13.0. The Labute approximate surface area is 135 Å². The number of anilines is 1. The van der Waals surface area contributed by atoms with Crippen LogP contribution in [0.1, 0.15) is 15.9 Å². The molecule has 0 aliphatic rings. The lowest BCUT2D eigenvalue weighted by atomic mass is 10.1. The van der Waals surface area contributed by atoms with Gasteiger partial charge in [0.1, 0.15) is 0 Å². The molecule has 0 saturated heterocycles. The molecule has 2 aromatic carbocycles. The van der Waals surface area contributed by atoms with Crippen molar-refractivity contribution in [2.75, 3.05) is 25.5 Å². The Morgan fingerprint density at radius 2 is 1.70 bits per heavy atom. The number of amides is 1. The lowest BCUT2D eigenvalue weighted by Gasteiger charge is -2.11. The first-order valence-corrected chi connectivity index (χ1v) is 7.42. The molecule has 2 rings (SSSR count). The van der Waals surface area contributed by atoms with Crippen LogP contribution >= 0.6 is 0 Å². The van der Waals surface area contributed by atoms with Gasteiger partial charge in [-0.05, 0) is 24.1 Å². The van der Waals surface area contributed by atoms with Crippen LogP contribution in [0, 0.1) is 0 Å². The summed E-state index contributed by atoms with van der Waals surface area (Å²) in [4.78, 5) is 23.5. The van der Waals surface area contributed by atoms with Gasteiger partial charge in [0.15, 0.2) is 0 Å². The molecule has 0 atom stereocenters. The third-order valence-corrected chi connectivity index (χ3v) is 3.35. The van der Waals surface area contributed by atoms with E-state index < -0.39 is 5.97 Å². The monoisotopic (exact) mass is 312 g/mol. The molecule has 5 heteroatoms. The molecular formula is C18H20N2O3. The lowest BCUT2D eigenvalue weighted by molar-refractivity contribution is -0.119. The number of carbonyl (C=O) groups excluding carboxylic acids is 2. The van der Waals surface area contributed by atoms with Gasteiger partial charge in [-0.3, -0.25) is 4.79 Å². The third kappa shape index (κ3) is 5.14. The van der Waals surface area contributed by atoms with Crippen LogP contribution in [0.4, 0.5) is 5.69 Å². The topological polar surface area (TPSA) is 67.4 Å². The number of methoxy groups -OCH3 is 1. The summed E-state index contributed by atoms with van der Waals surface area (Å²) in [5.74, 6) is -0.557. The van der Waals surface area contributed by atoms with Crippen molar-refractivity contribution in [1.29, 1.82) is 0 Å². The Morgan fingerprint density at radius 1 is 1.00 bits per heavy atom. The standard InChI is InChI=1S/C18H20N2O3/c1-23-18(22)15-9-5-6-10-16(15)20-13-17(21)19-12-11-14-7-3-2-4-8-14/h2-10,20H,11-13H2,1H3,(H,19,21). The molecule has 0 unspecified atom stereocenters. The van der Waals surface area contributed by atoms with Gasteiger partial charge in [0.05, 0.1) is 19.2 Å². The molecule has 0 radical (unpaired) electrons. The van der Waals surface area contributed by atoms with Crippen LogP contribution in [0.3, 0.4) is 0 Å². The fourth-order valence-electron chi connectivity index (χ4n) is 2.15. The van der Waals surface area contributed by atoms with Gasteiger partial charge in [-0.25, -0.2) is 4.79 Å². The number of benzene rings is 2. The zero-order chi connectivity index (χ0) is 16.5. The van der Waals surface area contributed by atoms with Gasteiger partial charge in [0.2, 0.25) is 5.91 Å². The number of para-hydroxylation sites is 1. The maximum atomic E-state index is 11.9. The normalized spacial score (nSPS) is 9.96. The Kier molecular flexibility index (Phi) is 6.17. The minimum absolute atomic E-state index is 0.1000. The summed E-state index contributed by atoms with van der Waals surface area (Å²) in [7, 11) is 1.33. The minimum Gasteiger partial charge on any atom is -0.465 e. The van der Waals surface area contributed by atoms with E-state index in [-0.39, 0.29) is 12.5 Å². The van der Waals surface area contributed by atoms with E-state index in [4.69, 9.17) is 4.74 Å². The molecule has 0 bridgehead atoms. The Bertz CT molecular complexity index is 656. The fourth-order valence-corrected chi connectivity index (χ4v) is 2.15. The van der Waals surface area contributed by atoms with E-state index in [0.717, 1.165) is 6.42 Å². The summed E-state index contributed by atoms with van der Waals surface area (Å²) in [5, 5.41) is 5.81. The predicted molar refractivity (Wildman–Crippen MR) is 89.4 cm³/mol. The Balaban J connectivity index is 1.79. The number of rotatable bonds is 7. The summed E-state index contributed by atoms with van der Waals surface area (Å²) in [6.07, 6.45) is 0.783. The number of esters is 1. The highest BCUT2D eigenvalue weighted by Crippen LogP contribution is 2.15. The molecule has 2 N–H and O–H groups in total. The van der Waals surface area contributed by atoms with Crippen molar-refractivity contribution in [1.82, 2.24) is 5.32 Å². The maximum Gasteiger partial charge on any atom is 0.339 e. The second-order valence-corrected chi connectivity index (χ2v) is 4.98. The molecule has 1 amide bonds. The van der Waals surface area contributed by atoms with E-state index in [1.807, 2.05) is 30.3 Å². The average molecular weight is 312 g/mol. The van der Waals surface area contributed by atoms with Gasteiger partial charge < -0.3 is 15.4 Å². The second kappa shape index (κ2) is 8.58. The number of hydrogen-bond donors (Lipinski definition) is 2. The van der Waals surface area contributed by atoms with Crippen molar-refractivity contribution in [2.45, 2.75) is 6.42 Å². The van der Waals surface area contributed by atoms with Crippen LogP contribution in [-0.2, 0) is 16.0 Å². The smallest absolute Gasteiger partial charge is 0.339 e. The van der Waals surface area contributed by atoms with Crippen molar-refractivity contribution in [3.63, 3.8) is 0 Å². The summed E-state index contributed by atoms with van der Waals surface area (Å²) < 4.78 is 4.72. The molecular weight excluding hydrogens is 292 g/mol. The molecule has 2 aromatic rings. The molecule has 0 aliphatic heterocycles. The summed E-state index contributed by atoms with van der Waals surface area (Å²) in [6.45, 7) is 0.673. The number of hydrogen-bond acceptors (Lipinski definition) is 4. The summed E-state index contributed by atoms with van der Waals surface area (Å²) in [6, 6.07) is 16.9. The van der Waals surface area contributed by atoms with E-state index in [9.17, 15) is 9.59 Å². The molecule has 0 heterocycles. The van der Waals surface area contributed by atoms with Crippen LogP contribution in [0.15, 0.2) is 54.6 Å². The highest BCUT2D eigenvalue weighted by Gasteiger charge is 2.11. The van der Waals surface area contributed by atoms with E-state index in [2.05, 4.69) is 10.6 Å². The highest BCUT2D eigenvalue weighted by atomic mass is 16.5. The average Bonchev–Trinajstić information content (AvgIpc) is 2.60. The summed E-state index contributed by atoms with van der Waals surface area (Å²) >= 11 is 0. The Hall–Kier alpha value is -2.82. The second-order valence-electron chi connectivity index (χ2n) is 4.98. The van der Waals surface area contributed by atoms with Crippen LogP contribution in [-0.4, -0.2) is 32.1 Å². The van der Waals surface area contributed by atoms with Gasteiger partial charge in [-0.2, -0.15) is 0 Å². The molecule has 0 spiro atoms. The van der Waals surface area contributed by atoms with Crippen molar-refractivity contribution in [3.8, 4) is 0 Å². The first kappa shape index (κ1) is 16.5. The van der Waals surface area contributed by atoms with E-state index in [1.54, 1.807) is 24.3 Å². The van der Waals surface area contributed by atoms with Gasteiger partial charge in [0.25, 0.3) is 0 Å². The predicted octanol–water partition coefficient (Wildman–Crippen LogP) is 2.24. The molecule has 0 aromatic heterocycles. The van der Waals surface area contributed by atoms with Gasteiger partial charge in [-0.1, -0.05) is 42.5 Å². The molecule has 120 valence electrons. The van der Waals surface area contributed by atoms with Crippen LogP contribution in [0.5, 0.6) is 0 Å². The zero-order valence-electron chi connectivity index (χ0n) is 13.0. The van der Waals surface area contributed by atoms with Crippen LogP contribution < -0.4 is 10.6 Å². The maximum absolute atomic E-state index is 11.9. The van der Waals surface area contributed by atoms with Crippen molar-refractivity contribution in [3.05, 3.63) is 65.7 Å². The van der Waals surface area contributed by atoms with Gasteiger partial charge in [-0.15, -0.1) is 0 Å². The molecule has 5 nitrogen and oxygen atoms in total. The molecule has 23 heavy (non-hydrogen) atoms. The number of ether oxygens (including phenoxy) is 1. The van der Waals surface area contributed by atoms with Crippen LogP contribution in [0.25, 0.3) is 0 Å². The van der Waals surface area contributed by atoms with Crippen LogP contribution in [0.2, 0.25) is 0 Å². The van der Waals surface area contributed by atoms with Gasteiger partial charge >= 0.3 is 5.97 Å². The lowest BCUT2D eigenvalue weighted by Crippen LogP contribution is -2.31. The highest BCUT2D eigenvalue weighted by molar-refractivity contribution is 5.96. The Morgan fingerprint density at radius 3 is 2.43 bits per heavy atom. The van der Waals surface area contributed by atoms with E-state index >= 15 is 0 Å². The van der Waals surface area contributed by atoms with Crippen molar-refractivity contribution >= 4 is 17.6 Å². The number of carbonyl (C=O) groups is 2. The van der Waals surface area contributed by atoms with Crippen molar-refractivity contribution in [2.24, 2.45) is 0 Å². The quantitative estimate of drug-likeness (QED) is 0.770. The fraction of sp³-hybridized carbons (Fsp3) is 0.222. The SMILES string of the molecule is COC(=O)c1ccccc1NCC(=O)NCCc1ccccc1. The molecule has 0 saturated carbocycles. The first-order chi connectivity index (χ1) is 11.2. The third-order valence-electron chi connectivity index (χ3n) is 3.35. The largest absolute Gasteiger partial charge is 0.465 e. The molecule has 0 aliphatic carbocycles. The van der Waals surface area contributed by atoms with E-state index in [1.165, 1.54) is 12.7 Å². The van der Waals surface area contributed by atoms with Gasteiger partial charge in [0, 0.05) is 12.2 Å². The first-order valence-electron chi connectivity index (χ1n) is 7.42. The minimum atomic E-state index is -0.433. The molecule has 0 fully saturated rings. The van der Waals surface area contributed by atoms with E-state index in [0.29, 0.717) is 17.8 Å². The summed E-state index contributed by atoms with van der Waals surface area (Å²) in [5.41, 5.74) is 2.17.